The lowest BCUT2D eigenvalue weighted by atomic mass is 9.99. The van der Waals surface area contributed by atoms with Gasteiger partial charge in [0.1, 0.15) is 12.1 Å². The molecular formula is C12H15N3O. The third-order valence-electron chi connectivity index (χ3n) is 2.53. The first kappa shape index (κ1) is 10.7. The first-order valence-corrected chi connectivity index (χ1v) is 5.27. The van der Waals surface area contributed by atoms with Crippen molar-refractivity contribution in [3.8, 4) is 17.1 Å². The summed E-state index contributed by atoms with van der Waals surface area (Å²) in [7, 11) is 1.68. The molecule has 1 N–H and O–H groups in total. The van der Waals surface area contributed by atoms with Crippen molar-refractivity contribution in [2.45, 2.75) is 19.8 Å². The van der Waals surface area contributed by atoms with E-state index in [0.29, 0.717) is 11.7 Å². The Morgan fingerprint density at radius 2 is 2.12 bits per heavy atom. The van der Waals surface area contributed by atoms with Crippen LogP contribution >= 0.6 is 0 Å². The zero-order valence-electron chi connectivity index (χ0n) is 9.69. The molecule has 0 aliphatic carbocycles. The molecule has 0 bridgehead atoms. The summed E-state index contributed by atoms with van der Waals surface area (Å²) in [5.41, 5.74) is 2.10. The molecule has 2 rings (SSSR count). The predicted molar refractivity (Wildman–Crippen MR) is 62.5 cm³/mol. The van der Waals surface area contributed by atoms with Crippen LogP contribution in [-0.2, 0) is 0 Å². The minimum Gasteiger partial charge on any atom is -0.496 e. The average molecular weight is 217 g/mol. The minimum absolute atomic E-state index is 0.411. The monoisotopic (exact) mass is 217 g/mol. The Bertz CT molecular complexity index is 463. The lowest BCUT2D eigenvalue weighted by Gasteiger charge is -2.14. The minimum atomic E-state index is 0.411. The molecule has 0 saturated heterocycles. The quantitative estimate of drug-likeness (QED) is 0.859. The summed E-state index contributed by atoms with van der Waals surface area (Å²) in [4.78, 5) is 4.15. The number of nitrogens with one attached hydrogen (secondary N) is 1. The molecule has 84 valence electrons. The van der Waals surface area contributed by atoms with Crippen LogP contribution < -0.4 is 4.74 Å². The summed E-state index contributed by atoms with van der Waals surface area (Å²) in [6.45, 7) is 4.28. The number of H-pyrrole nitrogens is 1. The molecule has 1 aromatic carbocycles. The zero-order chi connectivity index (χ0) is 11.5. The zero-order valence-corrected chi connectivity index (χ0v) is 9.69. The van der Waals surface area contributed by atoms with Crippen molar-refractivity contribution < 1.29 is 4.74 Å². The molecule has 0 saturated carbocycles. The number of nitrogens with zero attached hydrogens (tertiary/aromatic N) is 2. The van der Waals surface area contributed by atoms with Crippen LogP contribution in [0.25, 0.3) is 11.4 Å². The van der Waals surface area contributed by atoms with E-state index in [2.05, 4.69) is 35.1 Å². The van der Waals surface area contributed by atoms with E-state index in [1.165, 1.54) is 5.56 Å². The Kier molecular flexibility index (Phi) is 2.90. The van der Waals surface area contributed by atoms with Gasteiger partial charge in [0.2, 0.25) is 0 Å². The van der Waals surface area contributed by atoms with Crippen molar-refractivity contribution in [1.29, 1.82) is 0 Å². The Morgan fingerprint density at radius 1 is 1.31 bits per heavy atom. The average Bonchev–Trinajstić information content (AvgIpc) is 2.81. The SMILES string of the molecule is COc1c(-c2nc[nH]n2)cccc1C(C)C. The van der Waals surface area contributed by atoms with Crippen molar-refractivity contribution in [2.24, 2.45) is 0 Å². The van der Waals surface area contributed by atoms with Gasteiger partial charge in [0.25, 0.3) is 0 Å². The predicted octanol–water partition coefficient (Wildman–Crippen LogP) is 2.60. The van der Waals surface area contributed by atoms with Crippen LogP contribution in [0.3, 0.4) is 0 Å². The fourth-order valence-corrected chi connectivity index (χ4v) is 1.75. The number of hydrogen-bond donors (Lipinski definition) is 1. The van der Waals surface area contributed by atoms with Crippen LogP contribution in [0.2, 0.25) is 0 Å². The normalized spacial score (nSPS) is 10.8. The number of methoxy groups -OCH3 is 1. The highest BCUT2D eigenvalue weighted by molar-refractivity contribution is 5.66. The number of aromatic amines is 1. The fraction of sp³-hybridized carbons (Fsp3) is 0.333. The third-order valence-corrected chi connectivity index (χ3v) is 2.53. The van der Waals surface area contributed by atoms with Crippen molar-refractivity contribution in [1.82, 2.24) is 15.2 Å². The van der Waals surface area contributed by atoms with Gasteiger partial charge in [0.05, 0.1) is 12.7 Å². The summed E-state index contributed by atoms with van der Waals surface area (Å²) in [5.74, 6) is 1.94. The molecule has 16 heavy (non-hydrogen) atoms. The highest BCUT2D eigenvalue weighted by Gasteiger charge is 2.14. The van der Waals surface area contributed by atoms with E-state index >= 15 is 0 Å². The number of ether oxygens (including phenoxy) is 1. The molecule has 1 heterocycles. The fourth-order valence-electron chi connectivity index (χ4n) is 1.75. The summed E-state index contributed by atoms with van der Waals surface area (Å²) < 4.78 is 5.47. The molecule has 0 unspecified atom stereocenters. The van der Waals surface area contributed by atoms with Crippen LogP contribution in [0.15, 0.2) is 24.5 Å². The van der Waals surface area contributed by atoms with Gasteiger partial charge in [-0.2, -0.15) is 5.10 Å². The largest absolute Gasteiger partial charge is 0.496 e. The maximum Gasteiger partial charge on any atom is 0.184 e. The van der Waals surface area contributed by atoms with Crippen LogP contribution in [0, 0.1) is 0 Å². The third kappa shape index (κ3) is 1.78. The molecule has 4 heteroatoms. The standard InChI is InChI=1S/C12H15N3O/c1-8(2)9-5-4-6-10(11(9)16-3)12-13-7-14-15-12/h4-8H,1-3H3,(H,13,14,15). The topological polar surface area (TPSA) is 50.8 Å². The first-order valence-electron chi connectivity index (χ1n) is 5.27. The highest BCUT2D eigenvalue weighted by Crippen LogP contribution is 2.34. The highest BCUT2D eigenvalue weighted by atomic mass is 16.5. The van der Waals surface area contributed by atoms with Gasteiger partial charge in [0, 0.05) is 0 Å². The van der Waals surface area contributed by atoms with Crippen molar-refractivity contribution >= 4 is 0 Å². The molecule has 1 aromatic heterocycles. The van der Waals surface area contributed by atoms with Gasteiger partial charge in [-0.1, -0.05) is 26.0 Å². The van der Waals surface area contributed by atoms with Gasteiger partial charge < -0.3 is 4.74 Å². The van der Waals surface area contributed by atoms with Gasteiger partial charge in [-0.05, 0) is 17.5 Å². The van der Waals surface area contributed by atoms with Crippen molar-refractivity contribution in [2.75, 3.05) is 7.11 Å². The number of aromatic nitrogens is 3. The molecule has 4 nitrogen and oxygen atoms in total. The Labute approximate surface area is 94.7 Å². The summed E-state index contributed by atoms with van der Waals surface area (Å²) in [6.07, 6.45) is 1.57. The van der Waals surface area contributed by atoms with E-state index in [4.69, 9.17) is 4.74 Å². The van der Waals surface area contributed by atoms with E-state index in [9.17, 15) is 0 Å². The smallest absolute Gasteiger partial charge is 0.184 e. The van der Waals surface area contributed by atoms with Gasteiger partial charge in [-0.25, -0.2) is 4.98 Å². The molecule has 0 amide bonds. The molecule has 0 spiro atoms. The molecular weight excluding hydrogens is 202 g/mol. The number of benzene rings is 1. The summed E-state index contributed by atoms with van der Waals surface area (Å²) >= 11 is 0. The summed E-state index contributed by atoms with van der Waals surface area (Å²) in [5, 5.41) is 6.79. The molecule has 0 radical (unpaired) electrons. The molecule has 0 fully saturated rings. The van der Waals surface area contributed by atoms with E-state index in [1.54, 1.807) is 13.4 Å². The van der Waals surface area contributed by atoms with Gasteiger partial charge in [-0.3, -0.25) is 5.10 Å². The van der Waals surface area contributed by atoms with E-state index in [-0.39, 0.29) is 0 Å². The number of para-hydroxylation sites is 1. The second-order valence-electron chi connectivity index (χ2n) is 3.91. The van der Waals surface area contributed by atoms with Gasteiger partial charge >= 0.3 is 0 Å². The lowest BCUT2D eigenvalue weighted by Crippen LogP contribution is -1.97. The Morgan fingerprint density at radius 3 is 2.69 bits per heavy atom. The van der Waals surface area contributed by atoms with Crippen LogP contribution in [-0.4, -0.2) is 22.3 Å². The van der Waals surface area contributed by atoms with Crippen LogP contribution in [0.5, 0.6) is 5.75 Å². The van der Waals surface area contributed by atoms with Gasteiger partial charge in [0.15, 0.2) is 5.82 Å². The van der Waals surface area contributed by atoms with E-state index in [0.717, 1.165) is 11.3 Å². The Hall–Kier alpha value is -1.84. The number of rotatable bonds is 3. The molecule has 2 aromatic rings. The maximum absolute atomic E-state index is 5.47. The lowest BCUT2D eigenvalue weighted by molar-refractivity contribution is 0.409. The molecule has 0 aliphatic rings. The van der Waals surface area contributed by atoms with Crippen LogP contribution in [0.4, 0.5) is 0 Å². The number of hydrogen-bond acceptors (Lipinski definition) is 3. The van der Waals surface area contributed by atoms with Gasteiger partial charge in [-0.15, -0.1) is 0 Å². The van der Waals surface area contributed by atoms with Crippen molar-refractivity contribution in [3.63, 3.8) is 0 Å². The maximum atomic E-state index is 5.47. The molecule has 0 aliphatic heterocycles. The Balaban J connectivity index is 2.58. The van der Waals surface area contributed by atoms with E-state index < -0.39 is 0 Å². The first-order chi connectivity index (χ1) is 7.74. The molecule has 0 atom stereocenters. The summed E-state index contributed by atoms with van der Waals surface area (Å²) in [6, 6.07) is 6.04. The second-order valence-corrected chi connectivity index (χ2v) is 3.91. The van der Waals surface area contributed by atoms with Crippen LogP contribution in [0.1, 0.15) is 25.3 Å². The van der Waals surface area contributed by atoms with Crippen molar-refractivity contribution in [3.05, 3.63) is 30.1 Å². The van der Waals surface area contributed by atoms with E-state index in [1.807, 2.05) is 12.1 Å². The second kappa shape index (κ2) is 4.35.